The van der Waals surface area contributed by atoms with E-state index in [0.717, 1.165) is 0 Å². The van der Waals surface area contributed by atoms with Gasteiger partial charge >= 0.3 is 6.18 Å². The van der Waals surface area contributed by atoms with Gasteiger partial charge in [-0.25, -0.2) is 0 Å². The summed E-state index contributed by atoms with van der Waals surface area (Å²) in [5, 5.41) is 24.4. The van der Waals surface area contributed by atoms with Crippen LogP contribution in [0.4, 0.5) is 35.9 Å². The summed E-state index contributed by atoms with van der Waals surface area (Å²) >= 11 is 11.8. The van der Waals surface area contributed by atoms with Crippen LogP contribution in [0.5, 0.6) is 0 Å². The van der Waals surface area contributed by atoms with Crippen molar-refractivity contribution < 1.29 is 23.0 Å². The van der Waals surface area contributed by atoms with Crippen LogP contribution in [0.1, 0.15) is 11.1 Å². The molecule has 12 heteroatoms. The fourth-order valence-electron chi connectivity index (χ4n) is 2.10. The Balaban J connectivity index is 2.76. The molecule has 2 aromatic carbocycles. The minimum absolute atomic E-state index is 0.0731. The van der Waals surface area contributed by atoms with Gasteiger partial charge in [0.05, 0.1) is 32.2 Å². The molecule has 0 aliphatic carbocycles. The number of benzene rings is 2. The molecule has 0 bridgehead atoms. The highest BCUT2D eigenvalue weighted by atomic mass is 35.5. The Kier molecular flexibility index (Phi) is 5.28. The number of hydrogen-bond acceptors (Lipinski definition) is 5. The summed E-state index contributed by atoms with van der Waals surface area (Å²) in [4.78, 5) is 19.7. The Labute approximate surface area is 153 Å². The zero-order valence-electron chi connectivity index (χ0n) is 12.7. The lowest BCUT2D eigenvalue weighted by atomic mass is 10.1. The molecule has 0 fully saturated rings. The second kappa shape index (κ2) is 6.96. The SMILES string of the molecule is Cc1cc(Nc2c([N+](=O)[O-])cc([N+](=O)[O-])cc2C(F)(F)F)c(Cl)cc1Cl. The molecule has 0 aliphatic rings. The molecule has 0 heterocycles. The van der Waals surface area contributed by atoms with E-state index < -0.39 is 38.6 Å². The van der Waals surface area contributed by atoms with Crippen molar-refractivity contribution >= 4 is 46.0 Å². The molecule has 0 atom stereocenters. The minimum atomic E-state index is -5.09. The average Bonchev–Trinajstić information content (AvgIpc) is 2.50. The van der Waals surface area contributed by atoms with Gasteiger partial charge in [-0.05, 0) is 24.6 Å². The number of nitrogens with zero attached hydrogens (tertiary/aromatic N) is 2. The number of nitrogens with one attached hydrogen (secondary N) is 1. The van der Waals surface area contributed by atoms with Crippen LogP contribution in [0.2, 0.25) is 10.0 Å². The minimum Gasteiger partial charge on any atom is -0.348 e. The average molecular weight is 410 g/mol. The van der Waals surface area contributed by atoms with Crippen LogP contribution in [-0.4, -0.2) is 9.85 Å². The fourth-order valence-corrected chi connectivity index (χ4v) is 2.53. The van der Waals surface area contributed by atoms with Gasteiger partial charge < -0.3 is 5.32 Å². The highest BCUT2D eigenvalue weighted by molar-refractivity contribution is 6.36. The molecule has 0 amide bonds. The van der Waals surface area contributed by atoms with Crippen LogP contribution in [-0.2, 0) is 6.18 Å². The number of aryl methyl sites for hydroxylation is 1. The lowest BCUT2D eigenvalue weighted by molar-refractivity contribution is -0.394. The second-order valence-electron chi connectivity index (χ2n) is 5.11. The summed E-state index contributed by atoms with van der Waals surface area (Å²) in [5.41, 5.74) is -4.32. The van der Waals surface area contributed by atoms with Crippen LogP contribution >= 0.6 is 23.2 Å². The van der Waals surface area contributed by atoms with Crippen molar-refractivity contribution in [1.29, 1.82) is 0 Å². The Morgan fingerprint density at radius 2 is 1.62 bits per heavy atom. The second-order valence-corrected chi connectivity index (χ2v) is 5.92. The maximum Gasteiger partial charge on any atom is 0.418 e. The first-order chi connectivity index (χ1) is 11.9. The van der Waals surface area contributed by atoms with E-state index >= 15 is 0 Å². The van der Waals surface area contributed by atoms with Crippen molar-refractivity contribution in [2.24, 2.45) is 0 Å². The van der Waals surface area contributed by atoms with Gasteiger partial charge in [-0.1, -0.05) is 23.2 Å². The number of rotatable bonds is 4. The molecular weight excluding hydrogens is 402 g/mol. The van der Waals surface area contributed by atoms with Crippen molar-refractivity contribution in [3.63, 3.8) is 0 Å². The van der Waals surface area contributed by atoms with E-state index in [1.807, 2.05) is 0 Å². The number of nitro groups is 2. The molecule has 7 nitrogen and oxygen atoms in total. The largest absolute Gasteiger partial charge is 0.418 e. The van der Waals surface area contributed by atoms with Crippen LogP contribution in [0.25, 0.3) is 0 Å². The standard InChI is InChI=1S/C14H8Cl2F3N3O4/c1-6-2-11(10(16)5-9(6)15)20-13-8(14(17,18)19)3-7(21(23)24)4-12(13)22(25)26/h2-5,20H,1H3. The molecular formula is C14H8Cl2F3N3O4. The fraction of sp³-hybridized carbons (Fsp3) is 0.143. The molecule has 0 aromatic heterocycles. The van der Waals surface area contributed by atoms with Crippen molar-refractivity contribution in [1.82, 2.24) is 0 Å². The van der Waals surface area contributed by atoms with Crippen molar-refractivity contribution in [3.8, 4) is 0 Å². The summed E-state index contributed by atoms with van der Waals surface area (Å²) in [6, 6.07) is 3.21. The van der Waals surface area contributed by atoms with Crippen LogP contribution in [0.15, 0.2) is 24.3 Å². The van der Waals surface area contributed by atoms with Crippen molar-refractivity contribution in [2.75, 3.05) is 5.32 Å². The third kappa shape index (κ3) is 3.97. The predicted molar refractivity (Wildman–Crippen MR) is 89.2 cm³/mol. The Bertz CT molecular complexity index is 919. The first kappa shape index (κ1) is 19.7. The molecule has 0 radical (unpaired) electrons. The highest BCUT2D eigenvalue weighted by Crippen LogP contribution is 2.44. The van der Waals surface area contributed by atoms with E-state index in [9.17, 15) is 33.4 Å². The highest BCUT2D eigenvalue weighted by Gasteiger charge is 2.39. The summed E-state index contributed by atoms with van der Waals surface area (Å²) < 4.78 is 40.0. The monoisotopic (exact) mass is 409 g/mol. The molecule has 138 valence electrons. The van der Waals surface area contributed by atoms with Gasteiger partial charge in [0.25, 0.3) is 11.4 Å². The molecule has 2 rings (SSSR count). The number of alkyl halides is 3. The number of nitro benzene ring substituents is 2. The molecule has 0 spiro atoms. The van der Waals surface area contributed by atoms with Gasteiger partial charge in [-0.15, -0.1) is 0 Å². The van der Waals surface area contributed by atoms with E-state index in [2.05, 4.69) is 5.32 Å². The number of hydrogen-bond donors (Lipinski definition) is 1. The van der Waals surface area contributed by atoms with Gasteiger partial charge in [0.15, 0.2) is 0 Å². The smallest absolute Gasteiger partial charge is 0.348 e. The summed E-state index contributed by atoms with van der Waals surface area (Å²) in [6.07, 6.45) is -5.09. The zero-order chi connectivity index (χ0) is 19.8. The molecule has 26 heavy (non-hydrogen) atoms. The maximum absolute atomic E-state index is 13.3. The van der Waals surface area contributed by atoms with Crippen LogP contribution in [0, 0.1) is 27.2 Å². The van der Waals surface area contributed by atoms with Gasteiger partial charge in [0.2, 0.25) is 0 Å². The number of non-ortho nitro benzene ring substituents is 1. The lowest BCUT2D eigenvalue weighted by Crippen LogP contribution is -2.12. The molecule has 0 saturated heterocycles. The Morgan fingerprint density at radius 3 is 2.12 bits per heavy atom. The van der Waals surface area contributed by atoms with E-state index in [1.165, 1.54) is 12.1 Å². The zero-order valence-corrected chi connectivity index (χ0v) is 14.2. The Morgan fingerprint density at radius 1 is 1.00 bits per heavy atom. The maximum atomic E-state index is 13.3. The van der Waals surface area contributed by atoms with Gasteiger partial charge in [-0.3, -0.25) is 20.2 Å². The summed E-state index contributed by atoms with van der Waals surface area (Å²) in [7, 11) is 0. The van der Waals surface area contributed by atoms with Crippen LogP contribution in [0.3, 0.4) is 0 Å². The van der Waals surface area contributed by atoms with E-state index in [1.54, 1.807) is 6.92 Å². The van der Waals surface area contributed by atoms with E-state index in [0.29, 0.717) is 11.6 Å². The first-order valence-electron chi connectivity index (χ1n) is 6.68. The van der Waals surface area contributed by atoms with Crippen molar-refractivity contribution in [3.05, 3.63) is 65.7 Å². The van der Waals surface area contributed by atoms with E-state index in [-0.39, 0.29) is 21.8 Å². The van der Waals surface area contributed by atoms with Gasteiger partial charge in [0.1, 0.15) is 5.69 Å². The predicted octanol–water partition coefficient (Wildman–Crippen LogP) is 5.88. The normalized spacial score (nSPS) is 11.3. The molecule has 2 aromatic rings. The summed E-state index contributed by atoms with van der Waals surface area (Å²) in [5.74, 6) is 0. The topological polar surface area (TPSA) is 98.3 Å². The molecule has 1 N–H and O–H groups in total. The summed E-state index contributed by atoms with van der Waals surface area (Å²) in [6.45, 7) is 1.55. The lowest BCUT2D eigenvalue weighted by Gasteiger charge is -2.16. The molecule has 0 unspecified atom stereocenters. The third-order valence-electron chi connectivity index (χ3n) is 3.32. The molecule has 0 aliphatic heterocycles. The van der Waals surface area contributed by atoms with Gasteiger partial charge in [-0.2, -0.15) is 13.2 Å². The van der Waals surface area contributed by atoms with Crippen LogP contribution < -0.4 is 5.32 Å². The Hall–Kier alpha value is -2.59. The van der Waals surface area contributed by atoms with E-state index in [4.69, 9.17) is 23.2 Å². The van der Waals surface area contributed by atoms with Gasteiger partial charge in [0, 0.05) is 11.1 Å². The van der Waals surface area contributed by atoms with Crippen molar-refractivity contribution in [2.45, 2.75) is 13.1 Å². The first-order valence-corrected chi connectivity index (χ1v) is 7.44. The quantitative estimate of drug-likeness (QED) is 0.501. The number of anilines is 2. The third-order valence-corrected chi connectivity index (χ3v) is 4.04. The number of halogens is 5. The molecule has 0 saturated carbocycles.